The summed E-state index contributed by atoms with van der Waals surface area (Å²) in [5.74, 6) is 2.12. The lowest BCUT2D eigenvalue weighted by Crippen LogP contribution is -2.02. The van der Waals surface area contributed by atoms with E-state index in [9.17, 15) is 0 Å². The standard InChI is InChI=1S/C12H16N4O2/c1-3-18-10-5-4-9(6-11(10)17-2)7-13-12-14-8-15-16-12/h4-6,8H,3,7H2,1-2H3,(H2,13,14,15,16). The van der Waals surface area contributed by atoms with E-state index >= 15 is 0 Å². The van der Waals surface area contributed by atoms with E-state index in [-0.39, 0.29) is 0 Å². The smallest absolute Gasteiger partial charge is 0.218 e. The van der Waals surface area contributed by atoms with Crippen LogP contribution < -0.4 is 14.8 Å². The molecule has 2 N–H and O–H groups in total. The summed E-state index contributed by atoms with van der Waals surface area (Å²) < 4.78 is 10.7. The van der Waals surface area contributed by atoms with E-state index in [2.05, 4.69) is 20.5 Å². The second kappa shape index (κ2) is 5.90. The van der Waals surface area contributed by atoms with Gasteiger partial charge in [-0.25, -0.2) is 10.1 Å². The maximum Gasteiger partial charge on any atom is 0.218 e. The molecule has 0 saturated carbocycles. The molecule has 1 aromatic carbocycles. The molecule has 0 fully saturated rings. The van der Waals surface area contributed by atoms with Gasteiger partial charge >= 0.3 is 0 Å². The molecule has 0 aliphatic carbocycles. The number of ether oxygens (including phenoxy) is 2. The predicted octanol–water partition coefficient (Wildman–Crippen LogP) is 1.82. The lowest BCUT2D eigenvalue weighted by Gasteiger charge is -2.11. The van der Waals surface area contributed by atoms with Gasteiger partial charge in [0.2, 0.25) is 5.95 Å². The van der Waals surface area contributed by atoms with Gasteiger partial charge in [0, 0.05) is 6.54 Å². The van der Waals surface area contributed by atoms with Gasteiger partial charge in [-0.3, -0.25) is 0 Å². The average Bonchev–Trinajstić information content (AvgIpc) is 2.91. The summed E-state index contributed by atoms with van der Waals surface area (Å²) in [5, 5.41) is 9.62. The van der Waals surface area contributed by atoms with Crippen LogP contribution in [0.15, 0.2) is 24.5 Å². The predicted molar refractivity (Wildman–Crippen MR) is 67.9 cm³/mol. The highest BCUT2D eigenvalue weighted by Crippen LogP contribution is 2.28. The Balaban J connectivity index is 2.05. The van der Waals surface area contributed by atoms with Crippen molar-refractivity contribution in [3.8, 4) is 11.5 Å². The van der Waals surface area contributed by atoms with Gasteiger partial charge in [0.05, 0.1) is 13.7 Å². The van der Waals surface area contributed by atoms with Crippen LogP contribution in [0.3, 0.4) is 0 Å². The van der Waals surface area contributed by atoms with E-state index in [1.165, 1.54) is 6.33 Å². The molecule has 96 valence electrons. The number of methoxy groups -OCH3 is 1. The van der Waals surface area contributed by atoms with Gasteiger partial charge in [0.1, 0.15) is 6.33 Å². The van der Waals surface area contributed by atoms with Gasteiger partial charge in [-0.05, 0) is 24.6 Å². The van der Waals surface area contributed by atoms with Gasteiger partial charge < -0.3 is 14.8 Å². The first-order chi connectivity index (χ1) is 8.83. The Morgan fingerprint density at radius 1 is 1.33 bits per heavy atom. The fraction of sp³-hybridized carbons (Fsp3) is 0.333. The summed E-state index contributed by atoms with van der Waals surface area (Å²) >= 11 is 0. The number of nitrogens with one attached hydrogen (secondary N) is 2. The summed E-state index contributed by atoms with van der Waals surface area (Å²) in [6.45, 7) is 3.20. The van der Waals surface area contributed by atoms with E-state index in [1.807, 2.05) is 25.1 Å². The van der Waals surface area contributed by atoms with Crippen molar-refractivity contribution in [3.63, 3.8) is 0 Å². The molecular formula is C12H16N4O2. The molecule has 0 unspecified atom stereocenters. The largest absolute Gasteiger partial charge is 0.493 e. The van der Waals surface area contributed by atoms with Crippen molar-refractivity contribution in [1.82, 2.24) is 15.2 Å². The van der Waals surface area contributed by atoms with Crippen LogP contribution in [0.1, 0.15) is 12.5 Å². The lowest BCUT2D eigenvalue weighted by molar-refractivity contribution is 0.310. The highest BCUT2D eigenvalue weighted by molar-refractivity contribution is 5.43. The number of hydrogen-bond acceptors (Lipinski definition) is 5. The third-order valence-corrected chi connectivity index (χ3v) is 2.40. The van der Waals surface area contributed by atoms with Crippen molar-refractivity contribution in [2.45, 2.75) is 13.5 Å². The number of rotatable bonds is 6. The molecular weight excluding hydrogens is 232 g/mol. The molecule has 1 heterocycles. The van der Waals surface area contributed by atoms with Crippen LogP contribution in [-0.2, 0) is 6.54 Å². The van der Waals surface area contributed by atoms with Crippen LogP contribution in [0.2, 0.25) is 0 Å². The van der Waals surface area contributed by atoms with E-state index in [0.717, 1.165) is 17.1 Å². The Morgan fingerprint density at radius 3 is 2.89 bits per heavy atom. The number of hydrogen-bond donors (Lipinski definition) is 2. The third kappa shape index (κ3) is 2.91. The molecule has 0 bridgehead atoms. The van der Waals surface area contributed by atoms with E-state index in [4.69, 9.17) is 9.47 Å². The summed E-state index contributed by atoms with van der Waals surface area (Å²) in [4.78, 5) is 3.99. The van der Waals surface area contributed by atoms with Gasteiger partial charge in [-0.15, -0.1) is 0 Å². The molecule has 2 aromatic rings. The monoisotopic (exact) mass is 248 g/mol. The summed E-state index contributed by atoms with van der Waals surface area (Å²) in [5.41, 5.74) is 1.08. The van der Waals surface area contributed by atoms with Crippen molar-refractivity contribution >= 4 is 5.95 Å². The normalized spacial score (nSPS) is 10.1. The van der Waals surface area contributed by atoms with Gasteiger partial charge in [0.15, 0.2) is 11.5 Å². The van der Waals surface area contributed by atoms with Gasteiger partial charge in [-0.1, -0.05) is 6.07 Å². The van der Waals surface area contributed by atoms with Crippen molar-refractivity contribution in [2.75, 3.05) is 19.0 Å². The van der Waals surface area contributed by atoms with Crippen LogP contribution in [0.4, 0.5) is 5.95 Å². The molecule has 6 nitrogen and oxygen atoms in total. The molecule has 0 aliphatic rings. The number of aromatic amines is 1. The number of anilines is 1. The highest BCUT2D eigenvalue weighted by Gasteiger charge is 2.05. The molecule has 0 aliphatic heterocycles. The minimum Gasteiger partial charge on any atom is -0.493 e. The number of benzene rings is 1. The molecule has 0 radical (unpaired) electrons. The number of H-pyrrole nitrogens is 1. The Kier molecular flexibility index (Phi) is 4.01. The van der Waals surface area contributed by atoms with Gasteiger partial charge in [-0.2, -0.15) is 5.10 Å². The zero-order chi connectivity index (χ0) is 12.8. The van der Waals surface area contributed by atoms with Crippen LogP contribution in [0.25, 0.3) is 0 Å². The maximum absolute atomic E-state index is 5.46. The van der Waals surface area contributed by atoms with Crippen LogP contribution in [-0.4, -0.2) is 28.9 Å². The average molecular weight is 248 g/mol. The van der Waals surface area contributed by atoms with Crippen molar-refractivity contribution in [2.24, 2.45) is 0 Å². The number of aromatic nitrogens is 3. The summed E-state index contributed by atoms with van der Waals surface area (Å²) in [6, 6.07) is 5.82. The molecule has 18 heavy (non-hydrogen) atoms. The third-order valence-electron chi connectivity index (χ3n) is 2.40. The zero-order valence-electron chi connectivity index (χ0n) is 10.4. The Bertz CT molecular complexity index is 485. The van der Waals surface area contributed by atoms with Crippen molar-refractivity contribution < 1.29 is 9.47 Å². The second-order valence-corrected chi connectivity index (χ2v) is 3.61. The molecule has 6 heteroatoms. The van der Waals surface area contributed by atoms with E-state index in [1.54, 1.807) is 7.11 Å². The second-order valence-electron chi connectivity index (χ2n) is 3.61. The van der Waals surface area contributed by atoms with Crippen molar-refractivity contribution in [3.05, 3.63) is 30.1 Å². The zero-order valence-corrected chi connectivity index (χ0v) is 10.4. The number of nitrogens with zero attached hydrogens (tertiary/aromatic N) is 2. The van der Waals surface area contributed by atoms with E-state index in [0.29, 0.717) is 19.1 Å². The first-order valence-corrected chi connectivity index (χ1v) is 5.72. The minimum absolute atomic E-state index is 0.617. The highest BCUT2D eigenvalue weighted by atomic mass is 16.5. The van der Waals surface area contributed by atoms with Crippen LogP contribution in [0.5, 0.6) is 11.5 Å². The lowest BCUT2D eigenvalue weighted by atomic mass is 10.2. The molecule has 1 aromatic heterocycles. The molecule has 0 atom stereocenters. The molecule has 0 amide bonds. The first-order valence-electron chi connectivity index (χ1n) is 5.72. The van der Waals surface area contributed by atoms with Crippen LogP contribution in [0, 0.1) is 0 Å². The fourth-order valence-corrected chi connectivity index (χ4v) is 1.57. The molecule has 0 spiro atoms. The Labute approximate surface area is 105 Å². The quantitative estimate of drug-likeness (QED) is 0.816. The Morgan fingerprint density at radius 2 is 2.22 bits per heavy atom. The molecule has 0 saturated heterocycles. The fourth-order valence-electron chi connectivity index (χ4n) is 1.57. The first kappa shape index (κ1) is 12.2. The van der Waals surface area contributed by atoms with E-state index < -0.39 is 0 Å². The SMILES string of the molecule is CCOc1ccc(CNc2ncn[nH]2)cc1OC. The summed E-state index contributed by atoms with van der Waals surface area (Å²) in [6.07, 6.45) is 1.46. The minimum atomic E-state index is 0.617. The van der Waals surface area contributed by atoms with Crippen molar-refractivity contribution in [1.29, 1.82) is 0 Å². The topological polar surface area (TPSA) is 72.1 Å². The van der Waals surface area contributed by atoms with Crippen LogP contribution >= 0.6 is 0 Å². The summed E-state index contributed by atoms with van der Waals surface area (Å²) in [7, 11) is 1.63. The van der Waals surface area contributed by atoms with Gasteiger partial charge in [0.25, 0.3) is 0 Å². The Hall–Kier alpha value is -2.24. The maximum atomic E-state index is 5.46. The molecule has 2 rings (SSSR count).